The van der Waals surface area contributed by atoms with E-state index in [1.54, 1.807) is 24.3 Å². The summed E-state index contributed by atoms with van der Waals surface area (Å²) in [5.74, 6) is -0.262. The number of aromatic nitrogens is 4. The quantitative estimate of drug-likeness (QED) is 0.668. The minimum atomic E-state index is -0.988. The first kappa shape index (κ1) is 19.4. The van der Waals surface area contributed by atoms with E-state index in [0.717, 1.165) is 22.1 Å². The van der Waals surface area contributed by atoms with E-state index in [1.807, 2.05) is 25.3 Å². The summed E-state index contributed by atoms with van der Waals surface area (Å²) in [5.41, 5.74) is 2.79. The van der Waals surface area contributed by atoms with Crippen LogP contribution in [0.4, 0.5) is 5.69 Å². The third-order valence-corrected chi connectivity index (χ3v) is 5.21. The maximum Gasteiger partial charge on any atom is 0.262 e. The maximum atomic E-state index is 12.7. The van der Waals surface area contributed by atoms with Crippen LogP contribution in [-0.4, -0.2) is 48.2 Å². The van der Waals surface area contributed by atoms with E-state index in [2.05, 4.69) is 20.3 Å². The van der Waals surface area contributed by atoms with Gasteiger partial charge in [-0.05, 0) is 39.8 Å². The number of anilines is 1. The second kappa shape index (κ2) is 7.18. The molecule has 2 aromatic heterocycles. The molecule has 3 aromatic rings. The third kappa shape index (κ3) is 3.04. The van der Waals surface area contributed by atoms with Crippen molar-refractivity contribution in [1.82, 2.24) is 24.4 Å². The highest BCUT2D eigenvalue weighted by molar-refractivity contribution is 6.23. The van der Waals surface area contributed by atoms with E-state index in [1.165, 1.54) is 19.3 Å². The summed E-state index contributed by atoms with van der Waals surface area (Å²) in [4.78, 5) is 51.8. The summed E-state index contributed by atoms with van der Waals surface area (Å²) in [6.45, 7) is 7.21. The van der Waals surface area contributed by atoms with Gasteiger partial charge < -0.3 is 5.32 Å². The molecule has 1 aliphatic heterocycles. The lowest BCUT2D eigenvalue weighted by molar-refractivity contribution is -0.119. The number of rotatable bonds is 4. The van der Waals surface area contributed by atoms with Gasteiger partial charge in [-0.25, -0.2) is 15.0 Å². The Balaban J connectivity index is 1.51. The topological polar surface area (TPSA) is 110 Å². The number of nitrogens with zero attached hydrogens (tertiary/aromatic N) is 5. The number of benzene rings is 1. The Hall–Kier alpha value is -3.88. The lowest BCUT2D eigenvalue weighted by Gasteiger charge is -2.21. The highest BCUT2D eigenvalue weighted by Gasteiger charge is 2.40. The molecular formula is C21H20N6O3. The molecule has 0 aliphatic carbocycles. The molecule has 1 aromatic carbocycles. The number of carbonyl (C=O) groups excluding carboxylic acids is 3. The molecule has 0 fully saturated rings. The normalized spacial score (nSPS) is 14.1. The van der Waals surface area contributed by atoms with Gasteiger partial charge in [-0.2, -0.15) is 0 Å². The van der Waals surface area contributed by atoms with Crippen molar-refractivity contribution in [1.29, 1.82) is 0 Å². The summed E-state index contributed by atoms with van der Waals surface area (Å²) in [6.07, 6.45) is 2.95. The van der Waals surface area contributed by atoms with Gasteiger partial charge in [-0.15, -0.1) is 0 Å². The number of imidazole rings is 1. The highest BCUT2D eigenvalue weighted by Crippen LogP contribution is 2.25. The van der Waals surface area contributed by atoms with E-state index < -0.39 is 23.8 Å². The van der Waals surface area contributed by atoms with Gasteiger partial charge in [0, 0.05) is 5.69 Å². The predicted octanol–water partition coefficient (Wildman–Crippen LogP) is 2.21. The lowest BCUT2D eigenvalue weighted by Crippen LogP contribution is -2.45. The molecule has 4 rings (SSSR count). The van der Waals surface area contributed by atoms with E-state index in [-0.39, 0.29) is 0 Å². The van der Waals surface area contributed by atoms with Crippen LogP contribution in [0.2, 0.25) is 0 Å². The molecule has 152 valence electrons. The van der Waals surface area contributed by atoms with Crippen molar-refractivity contribution in [2.75, 3.05) is 5.32 Å². The zero-order valence-corrected chi connectivity index (χ0v) is 17.0. The third-order valence-electron chi connectivity index (χ3n) is 5.21. The summed E-state index contributed by atoms with van der Waals surface area (Å²) >= 11 is 0. The number of imide groups is 1. The van der Waals surface area contributed by atoms with Crippen molar-refractivity contribution in [2.24, 2.45) is 0 Å². The van der Waals surface area contributed by atoms with Crippen LogP contribution in [0.15, 0.2) is 36.7 Å². The van der Waals surface area contributed by atoms with Crippen LogP contribution in [0, 0.1) is 20.8 Å². The number of hydrogen-bond donors (Lipinski definition) is 1. The second-order valence-corrected chi connectivity index (χ2v) is 7.13. The molecular weight excluding hydrogens is 384 g/mol. The molecule has 1 unspecified atom stereocenters. The molecule has 0 saturated heterocycles. The maximum absolute atomic E-state index is 12.7. The zero-order chi connectivity index (χ0) is 21.6. The Morgan fingerprint density at radius 2 is 1.57 bits per heavy atom. The predicted molar refractivity (Wildman–Crippen MR) is 108 cm³/mol. The number of carbonyl (C=O) groups is 3. The molecule has 0 bridgehead atoms. The number of nitrogens with one attached hydrogen (secondary N) is 1. The first-order valence-corrected chi connectivity index (χ1v) is 9.42. The lowest BCUT2D eigenvalue weighted by atomic mass is 10.1. The Morgan fingerprint density at radius 3 is 2.07 bits per heavy atom. The van der Waals surface area contributed by atoms with Gasteiger partial charge in [0.1, 0.15) is 11.9 Å². The minimum absolute atomic E-state index is 0.302. The average molecular weight is 404 g/mol. The summed E-state index contributed by atoms with van der Waals surface area (Å²) in [5, 5.41) is 2.66. The van der Waals surface area contributed by atoms with Crippen molar-refractivity contribution in [3.8, 4) is 5.95 Å². The molecule has 9 nitrogen and oxygen atoms in total. The van der Waals surface area contributed by atoms with Gasteiger partial charge in [-0.3, -0.25) is 23.9 Å². The van der Waals surface area contributed by atoms with Gasteiger partial charge in [0.05, 0.1) is 34.9 Å². The average Bonchev–Trinajstić information content (AvgIpc) is 3.14. The molecule has 0 radical (unpaired) electrons. The molecule has 9 heteroatoms. The Labute approximate surface area is 172 Å². The van der Waals surface area contributed by atoms with E-state index in [9.17, 15) is 14.4 Å². The van der Waals surface area contributed by atoms with Crippen molar-refractivity contribution in [2.45, 2.75) is 33.7 Å². The van der Waals surface area contributed by atoms with Crippen molar-refractivity contribution in [3.05, 3.63) is 65.0 Å². The van der Waals surface area contributed by atoms with Gasteiger partial charge in [-0.1, -0.05) is 12.1 Å². The van der Waals surface area contributed by atoms with E-state index in [4.69, 9.17) is 0 Å². The SMILES string of the molecule is Cc1nc(C)n(-c2ncc(NC(=O)C(C)N3C(=O)c4ccccc4C3=O)cn2)c1C. The van der Waals surface area contributed by atoms with E-state index in [0.29, 0.717) is 22.8 Å². The van der Waals surface area contributed by atoms with Crippen LogP contribution < -0.4 is 5.32 Å². The number of amides is 3. The monoisotopic (exact) mass is 404 g/mol. The summed E-state index contributed by atoms with van der Waals surface area (Å²) in [6, 6.07) is 5.53. The molecule has 0 saturated carbocycles. The highest BCUT2D eigenvalue weighted by atomic mass is 16.2. The Kier molecular flexibility index (Phi) is 4.65. The van der Waals surface area contributed by atoms with Crippen LogP contribution in [0.3, 0.4) is 0 Å². The number of hydrogen-bond acceptors (Lipinski definition) is 6. The van der Waals surface area contributed by atoms with E-state index >= 15 is 0 Å². The fraction of sp³-hybridized carbons (Fsp3) is 0.238. The van der Waals surface area contributed by atoms with Crippen molar-refractivity contribution in [3.63, 3.8) is 0 Å². The van der Waals surface area contributed by atoms with Gasteiger partial charge in [0.25, 0.3) is 11.8 Å². The first-order valence-electron chi connectivity index (χ1n) is 9.42. The molecule has 0 spiro atoms. The fourth-order valence-electron chi connectivity index (χ4n) is 3.50. The van der Waals surface area contributed by atoms with Crippen molar-refractivity contribution >= 4 is 23.4 Å². The Morgan fingerprint density at radius 1 is 1.00 bits per heavy atom. The largest absolute Gasteiger partial charge is 0.322 e. The van der Waals surface area contributed by atoms with Gasteiger partial charge >= 0.3 is 0 Å². The standard InChI is InChI=1S/C21H20N6O3/c1-11-12(2)26(14(4)24-11)21-22-9-15(10-23-21)25-18(28)13(3)27-19(29)16-7-5-6-8-17(16)20(27)30/h5-10,13H,1-4H3,(H,25,28). The van der Waals surface area contributed by atoms with Crippen LogP contribution in [-0.2, 0) is 4.79 Å². The number of fused-ring (bicyclic) bond motifs is 1. The molecule has 3 heterocycles. The smallest absolute Gasteiger partial charge is 0.262 e. The van der Waals surface area contributed by atoms with Crippen LogP contribution in [0.1, 0.15) is 44.9 Å². The van der Waals surface area contributed by atoms with Crippen LogP contribution in [0.5, 0.6) is 0 Å². The van der Waals surface area contributed by atoms with Crippen LogP contribution >= 0.6 is 0 Å². The molecule has 30 heavy (non-hydrogen) atoms. The summed E-state index contributed by atoms with van der Waals surface area (Å²) in [7, 11) is 0. The molecule has 1 atom stereocenters. The number of aryl methyl sites for hydroxylation is 2. The fourth-order valence-corrected chi connectivity index (χ4v) is 3.50. The minimum Gasteiger partial charge on any atom is -0.322 e. The van der Waals surface area contributed by atoms with Gasteiger partial charge in [0.15, 0.2) is 0 Å². The second-order valence-electron chi connectivity index (χ2n) is 7.13. The zero-order valence-electron chi connectivity index (χ0n) is 17.0. The first-order chi connectivity index (χ1) is 14.3. The molecule has 3 amide bonds. The van der Waals surface area contributed by atoms with Crippen LogP contribution in [0.25, 0.3) is 5.95 Å². The van der Waals surface area contributed by atoms with Crippen molar-refractivity contribution < 1.29 is 14.4 Å². The van der Waals surface area contributed by atoms with Gasteiger partial charge in [0.2, 0.25) is 11.9 Å². The molecule has 1 aliphatic rings. The molecule has 1 N–H and O–H groups in total. The summed E-state index contributed by atoms with van der Waals surface area (Å²) < 4.78 is 1.82. The Bertz CT molecular complexity index is 1150.